The van der Waals surface area contributed by atoms with E-state index in [1.54, 1.807) is 11.9 Å². The molecule has 16 heteroatoms. The summed E-state index contributed by atoms with van der Waals surface area (Å²) < 4.78 is 29.6. The predicted molar refractivity (Wildman–Crippen MR) is 215 cm³/mol. The molecule has 2 N–H and O–H groups in total. The van der Waals surface area contributed by atoms with Crippen LogP contribution in [0, 0.1) is 35.5 Å². The van der Waals surface area contributed by atoms with Gasteiger partial charge >= 0.3 is 21.9 Å². The van der Waals surface area contributed by atoms with E-state index >= 15 is 4.79 Å². The molecular weight excluding hydrogens is 763 g/mol. The van der Waals surface area contributed by atoms with Gasteiger partial charge in [-0.1, -0.05) is 27.4 Å². The Bertz CT molecular complexity index is 2590. The highest BCUT2D eigenvalue weighted by Gasteiger charge is 2.78. The van der Waals surface area contributed by atoms with E-state index in [2.05, 4.69) is 25.5 Å². The molecule has 1 amide bonds. The first-order valence-corrected chi connectivity index (χ1v) is 22.4. The topological polar surface area (TPSA) is 171 Å². The monoisotopic (exact) mass is 806 g/mol. The van der Waals surface area contributed by atoms with Gasteiger partial charge in [0.15, 0.2) is 28.5 Å². The third-order valence-corrected chi connectivity index (χ3v) is 18.1. The van der Waals surface area contributed by atoms with Crippen molar-refractivity contribution < 1.29 is 27.0 Å². The van der Waals surface area contributed by atoms with Gasteiger partial charge in [0.25, 0.3) is 5.84 Å². The van der Waals surface area contributed by atoms with E-state index in [9.17, 15) is 18.3 Å². The van der Waals surface area contributed by atoms with Gasteiger partial charge < -0.3 is 15.3 Å². The molecule has 4 unspecified atom stereocenters. The highest BCUT2D eigenvalue weighted by Crippen LogP contribution is 2.84. The number of para-hydroxylation sites is 1. The van der Waals surface area contributed by atoms with Gasteiger partial charge in [-0.3, -0.25) is 9.80 Å². The Morgan fingerprint density at radius 3 is 2.56 bits per heavy atom. The molecular formula is C41H44N9O5S2+. The maximum Gasteiger partial charge on any atom is 0.386 e. The number of amides is 1. The van der Waals surface area contributed by atoms with Crippen LogP contribution in [0.3, 0.4) is 0 Å². The molecule has 6 bridgehead atoms. The molecule has 294 valence electrons. The van der Waals surface area contributed by atoms with Crippen LogP contribution in [0.2, 0.25) is 0 Å². The van der Waals surface area contributed by atoms with E-state index in [4.69, 9.17) is 10.1 Å². The molecule has 3 aromatic heterocycles. The maximum atomic E-state index is 15.1. The summed E-state index contributed by atoms with van der Waals surface area (Å²) >= 11 is 1.53. The second-order valence-electron chi connectivity index (χ2n) is 17.6. The number of anilines is 4. The first kappa shape index (κ1) is 35.4. The number of unbranched alkanes of at least 4 members (excludes halogenated alkanes) is 1. The lowest BCUT2D eigenvalue weighted by Crippen LogP contribution is -2.76. The number of fused-ring (bicyclic) bond motifs is 5. The van der Waals surface area contributed by atoms with E-state index in [1.807, 2.05) is 56.3 Å². The number of quaternary nitrogens is 1. The Morgan fingerprint density at radius 1 is 1.05 bits per heavy atom. The Hall–Kier alpha value is -4.80. The molecule has 5 fully saturated rings. The Kier molecular flexibility index (Phi) is 7.37. The third-order valence-electron chi connectivity index (χ3n) is 14.8. The van der Waals surface area contributed by atoms with Gasteiger partial charge in [-0.25, -0.2) is 14.8 Å². The van der Waals surface area contributed by atoms with Gasteiger partial charge in [0, 0.05) is 36.8 Å². The number of carboxylic acids is 1. The van der Waals surface area contributed by atoms with Gasteiger partial charge in [0.1, 0.15) is 18.0 Å². The van der Waals surface area contributed by atoms with E-state index in [-0.39, 0.29) is 36.1 Å². The molecule has 4 saturated carbocycles. The number of hydrogen-bond acceptors (Lipinski definition) is 13. The van der Waals surface area contributed by atoms with Crippen LogP contribution in [-0.2, 0) is 14.8 Å². The number of hydrazone groups is 1. The van der Waals surface area contributed by atoms with Crippen molar-refractivity contribution in [3.05, 3.63) is 65.0 Å². The number of benzene rings is 1. The second-order valence-corrected chi connectivity index (χ2v) is 20.8. The van der Waals surface area contributed by atoms with Crippen molar-refractivity contribution in [2.24, 2.45) is 33.7 Å². The van der Waals surface area contributed by atoms with Crippen LogP contribution in [0.1, 0.15) is 86.3 Å². The first-order valence-electron chi connectivity index (χ1n) is 20.0. The largest absolute Gasteiger partial charge is 0.481 e. The smallest absolute Gasteiger partial charge is 0.386 e. The number of thiazole rings is 1. The standard InChI is InChI=1S/C41H43N9O5S2/c1-22-14-32(45-46-37(22)44-39-42-28-8-4-5-9-30(28)56-39)48(3)31-12-11-27-35-23(2)49(21-40-18-25-15-24-16-26(19-40)41(24,25)20-40)47-33-17-29(35)50(33,38(53)36(27)43-31)57(54,55)13-7-6-10-34(51)52/h4-5,8-9,11-12,14,24-26,29H,6-7,10,13,15-21H2,1-3H3,(H-,42,44,46,51,52)/p+1. The molecule has 14 nitrogen and oxygen atoms in total. The van der Waals surface area contributed by atoms with Crippen molar-refractivity contribution in [3.8, 4) is 0 Å². The minimum absolute atomic E-state index is 0.0878. The van der Waals surface area contributed by atoms with Gasteiger partial charge in [-0.05, 0) is 123 Å². The average molecular weight is 807 g/mol. The minimum Gasteiger partial charge on any atom is -0.481 e. The summed E-state index contributed by atoms with van der Waals surface area (Å²) in [4.78, 5) is 37.7. The molecule has 57 heavy (non-hydrogen) atoms. The van der Waals surface area contributed by atoms with E-state index in [0.29, 0.717) is 45.8 Å². The highest BCUT2D eigenvalue weighted by molar-refractivity contribution is 7.86. The summed E-state index contributed by atoms with van der Waals surface area (Å²) in [5.41, 5.74) is 4.81. The number of carbonyl (C=O) groups is 2. The number of aryl methyl sites for hydroxylation is 1. The number of aliphatic carboxylic acids is 1. The molecule has 4 aromatic rings. The summed E-state index contributed by atoms with van der Waals surface area (Å²) in [6, 6.07) is 12.9. The normalized spacial score (nSPS) is 31.2. The molecule has 1 spiro atoms. The molecule has 7 heterocycles. The number of aromatic nitrogens is 4. The predicted octanol–water partition coefficient (Wildman–Crippen LogP) is 6.82. The fraction of sp³-hybridized carbons (Fsp3) is 0.488. The summed E-state index contributed by atoms with van der Waals surface area (Å²) in [6.07, 6.45) is 6.85. The lowest BCUT2D eigenvalue weighted by molar-refractivity contribution is -0.675. The number of sulfonamides is 1. The third kappa shape index (κ3) is 4.71. The van der Waals surface area contributed by atoms with Crippen molar-refractivity contribution >= 4 is 77.4 Å². The quantitative estimate of drug-likeness (QED) is 0.113. The Morgan fingerprint density at radius 2 is 1.84 bits per heavy atom. The lowest BCUT2D eigenvalue weighted by atomic mass is 9.38. The molecule has 8 aliphatic rings. The van der Waals surface area contributed by atoms with Crippen LogP contribution < -0.4 is 10.2 Å². The van der Waals surface area contributed by atoms with Crippen LogP contribution in [0.15, 0.2) is 53.3 Å². The zero-order chi connectivity index (χ0) is 39.2. The molecule has 4 aliphatic heterocycles. The summed E-state index contributed by atoms with van der Waals surface area (Å²) in [5, 5.41) is 29.4. The number of carboxylic acid groups (broad SMARTS) is 1. The zero-order valence-electron chi connectivity index (χ0n) is 32.1. The fourth-order valence-electron chi connectivity index (χ4n) is 12.3. The van der Waals surface area contributed by atoms with Crippen molar-refractivity contribution in [1.82, 2.24) is 25.2 Å². The first-order chi connectivity index (χ1) is 27.3. The van der Waals surface area contributed by atoms with Gasteiger partial charge in [0.2, 0.25) is 0 Å². The van der Waals surface area contributed by atoms with Gasteiger partial charge in [-0.15, -0.1) is 15.3 Å². The number of nitrogens with zero attached hydrogens (tertiary/aromatic N) is 8. The van der Waals surface area contributed by atoms with Crippen molar-refractivity contribution in [2.45, 2.75) is 77.7 Å². The number of carbonyl (C=O) groups excluding carboxylic acids is 1. The number of amidine groups is 1. The van der Waals surface area contributed by atoms with Gasteiger partial charge in [0.05, 0.1) is 10.2 Å². The Labute approximate surface area is 334 Å². The van der Waals surface area contributed by atoms with Crippen LogP contribution in [0.25, 0.3) is 15.8 Å². The van der Waals surface area contributed by atoms with E-state index in [0.717, 1.165) is 51.3 Å². The van der Waals surface area contributed by atoms with Crippen molar-refractivity contribution in [1.29, 1.82) is 0 Å². The molecule has 4 aliphatic carbocycles. The molecule has 1 aromatic carbocycles. The number of hydrogen-bond donors (Lipinski definition) is 2. The molecule has 0 radical (unpaired) electrons. The SMILES string of the molecule is CC1=C2c3ccc(N(C)c4cc(C)c(Nc5nc6ccccc6s5)nn4)nc3C(=O)[N+]3(S(=O)(=O)CCCCC(=O)O)C(=NN1CC14CC5CC6CC(C1)C65C4)CC23. The summed E-state index contributed by atoms with van der Waals surface area (Å²) in [5.74, 6) is 2.37. The molecule has 12 rings (SSSR count). The van der Waals surface area contributed by atoms with Crippen LogP contribution in [0.4, 0.5) is 22.6 Å². The van der Waals surface area contributed by atoms with Crippen LogP contribution in [0.5, 0.6) is 0 Å². The zero-order valence-corrected chi connectivity index (χ0v) is 33.7. The number of pyridine rings is 1. The fourth-order valence-corrected chi connectivity index (χ4v) is 15.3. The highest BCUT2D eigenvalue weighted by atomic mass is 32.2. The summed E-state index contributed by atoms with van der Waals surface area (Å²) in [6.45, 7) is 4.68. The summed E-state index contributed by atoms with van der Waals surface area (Å²) in [7, 11) is -2.41. The van der Waals surface area contributed by atoms with Crippen molar-refractivity contribution in [3.63, 3.8) is 0 Å². The number of allylic oxidation sites excluding steroid dienone is 1. The van der Waals surface area contributed by atoms with Crippen LogP contribution >= 0.6 is 11.3 Å². The van der Waals surface area contributed by atoms with E-state index < -0.39 is 31.8 Å². The minimum atomic E-state index is -4.20. The molecule has 4 atom stereocenters. The van der Waals surface area contributed by atoms with E-state index in [1.165, 1.54) is 43.4 Å². The number of nitrogens with one attached hydrogen (secondary N) is 1. The Balaban J connectivity index is 0.950. The van der Waals surface area contributed by atoms with Gasteiger partial charge in [-0.2, -0.15) is 8.42 Å². The van der Waals surface area contributed by atoms with Crippen molar-refractivity contribution in [2.75, 3.05) is 29.6 Å². The van der Waals surface area contributed by atoms with Crippen LogP contribution in [-0.4, -0.2) is 85.7 Å². The maximum absolute atomic E-state index is 15.1. The molecule has 1 saturated heterocycles. The second kappa shape index (κ2) is 11.9. The average Bonchev–Trinajstić information content (AvgIpc) is 3.76. The lowest BCUT2D eigenvalue weighted by Gasteiger charge is -2.66. The number of rotatable bonds is 12.